The number of nitrogens with zero attached hydrogens (tertiary/aromatic N) is 5. The van der Waals surface area contributed by atoms with Crippen LogP contribution < -0.4 is 14.5 Å². The van der Waals surface area contributed by atoms with E-state index in [1.54, 1.807) is 12.4 Å². The molecule has 0 N–H and O–H groups in total. The fraction of sp³-hybridized carbons (Fsp3) is 0. The van der Waals surface area contributed by atoms with E-state index < -0.39 is 0 Å². The van der Waals surface area contributed by atoms with E-state index in [0.717, 1.165) is 50.4 Å². The van der Waals surface area contributed by atoms with Crippen LogP contribution in [0.5, 0.6) is 11.5 Å². The Labute approximate surface area is 305 Å². The first-order valence-electron chi connectivity index (χ1n) is 16.1. The molecule has 0 saturated heterocycles. The normalized spacial score (nSPS) is 12.1. The van der Waals surface area contributed by atoms with Crippen LogP contribution in [0.2, 0.25) is 0 Å². The molecule has 0 unspecified atom stereocenters. The number of fused-ring (bicyclic) bond motifs is 3. The van der Waals surface area contributed by atoms with Crippen molar-refractivity contribution in [3.05, 3.63) is 183 Å². The van der Waals surface area contributed by atoms with Gasteiger partial charge in [-0.2, -0.15) is 27.1 Å². The molecular weight excluding hydrogens is 798 g/mol. The van der Waals surface area contributed by atoms with Crippen molar-refractivity contribution in [2.24, 2.45) is 0 Å². The quantitative estimate of drug-likeness (QED) is 0.150. The van der Waals surface area contributed by atoms with Crippen LogP contribution in [0.25, 0.3) is 38.7 Å². The molecule has 6 nitrogen and oxygen atoms in total. The molecule has 0 atom stereocenters. The van der Waals surface area contributed by atoms with Crippen LogP contribution in [-0.4, -0.2) is 15.0 Å². The minimum atomic E-state index is 0. The molecule has 0 spiro atoms. The van der Waals surface area contributed by atoms with E-state index in [-0.39, 0.29) is 21.1 Å². The van der Waals surface area contributed by atoms with Gasteiger partial charge < -0.3 is 14.5 Å². The fourth-order valence-electron chi connectivity index (χ4n) is 6.50. The molecular formula is C43H28N5OPt-3. The van der Waals surface area contributed by atoms with Gasteiger partial charge in [-0.05, 0) is 28.3 Å². The van der Waals surface area contributed by atoms with Crippen molar-refractivity contribution in [2.45, 2.75) is 0 Å². The van der Waals surface area contributed by atoms with Crippen molar-refractivity contribution in [3.8, 4) is 39.4 Å². The van der Waals surface area contributed by atoms with E-state index >= 15 is 0 Å². The van der Waals surface area contributed by atoms with Crippen LogP contribution in [0.15, 0.2) is 164 Å². The summed E-state index contributed by atoms with van der Waals surface area (Å²) in [5.41, 5.74) is 9.37. The van der Waals surface area contributed by atoms with E-state index in [4.69, 9.17) is 4.74 Å². The van der Waals surface area contributed by atoms with E-state index in [1.807, 2.05) is 30.3 Å². The van der Waals surface area contributed by atoms with Crippen LogP contribution in [0.1, 0.15) is 0 Å². The zero-order valence-electron chi connectivity index (χ0n) is 26.6. The Kier molecular flexibility index (Phi) is 8.45. The molecule has 7 aromatic carbocycles. The first-order chi connectivity index (χ1) is 24.3. The second-order valence-electron chi connectivity index (χ2n) is 11.7. The van der Waals surface area contributed by atoms with Gasteiger partial charge in [0.15, 0.2) is 0 Å². The summed E-state index contributed by atoms with van der Waals surface area (Å²) in [5.74, 6) is 1.12. The summed E-state index contributed by atoms with van der Waals surface area (Å²) in [7, 11) is 0. The summed E-state index contributed by atoms with van der Waals surface area (Å²) in [6.45, 7) is 2.18. The Morgan fingerprint density at radius 3 is 1.76 bits per heavy atom. The third-order valence-electron chi connectivity index (χ3n) is 8.68. The molecule has 8 aromatic rings. The average Bonchev–Trinajstić information content (AvgIpc) is 3.85. The predicted molar refractivity (Wildman–Crippen MR) is 195 cm³/mol. The van der Waals surface area contributed by atoms with Crippen LogP contribution in [0.3, 0.4) is 0 Å². The maximum absolute atomic E-state index is 6.31. The van der Waals surface area contributed by atoms with Crippen molar-refractivity contribution < 1.29 is 25.8 Å². The maximum atomic E-state index is 6.31. The summed E-state index contributed by atoms with van der Waals surface area (Å²) in [6, 6.07) is 59.1. The zero-order valence-corrected chi connectivity index (χ0v) is 28.9. The molecule has 0 bridgehead atoms. The first kappa shape index (κ1) is 31.3. The van der Waals surface area contributed by atoms with Crippen molar-refractivity contribution in [1.82, 2.24) is 15.0 Å². The topological polar surface area (TPSA) is 46.4 Å². The minimum absolute atomic E-state index is 0. The number of benzene rings is 7. The van der Waals surface area contributed by atoms with Crippen LogP contribution in [-0.2, 0) is 21.1 Å². The van der Waals surface area contributed by atoms with Crippen molar-refractivity contribution in [2.75, 3.05) is 9.80 Å². The first-order valence-corrected chi connectivity index (χ1v) is 16.1. The third kappa shape index (κ3) is 5.74. The van der Waals surface area contributed by atoms with Crippen molar-refractivity contribution in [1.29, 1.82) is 0 Å². The Morgan fingerprint density at radius 1 is 0.500 bits per heavy atom. The second-order valence-corrected chi connectivity index (χ2v) is 11.7. The monoisotopic (exact) mass is 825 g/mol. The van der Waals surface area contributed by atoms with Crippen molar-refractivity contribution in [3.63, 3.8) is 0 Å². The molecule has 0 saturated carbocycles. The van der Waals surface area contributed by atoms with Crippen LogP contribution in [0, 0.1) is 18.8 Å². The summed E-state index contributed by atoms with van der Waals surface area (Å²) in [6.07, 6.45) is 3.27. The van der Waals surface area contributed by atoms with Gasteiger partial charge in [0.25, 0.3) is 0 Å². The van der Waals surface area contributed by atoms with Gasteiger partial charge >= 0.3 is 0 Å². The number of rotatable bonds is 7. The maximum Gasteiger partial charge on any atom is 0.0696 e. The fourth-order valence-corrected chi connectivity index (χ4v) is 6.50. The molecule has 1 aromatic heterocycles. The minimum Gasteiger partial charge on any atom is -0.509 e. The Hall–Kier alpha value is -5.97. The number of hydrogen-bond donors (Lipinski definition) is 0. The Morgan fingerprint density at radius 2 is 1.08 bits per heavy atom. The van der Waals surface area contributed by atoms with E-state index in [9.17, 15) is 0 Å². The SMILES string of the molecule is [Pt].[c-]1c(Oc2[c-]c(-n3nccn3)ccc2)cccc1N1[CH-]N(c2c(-c3ccccc3)cccc2-c2ccccc2)c2c1ccc1ccccc21. The molecule has 1 aliphatic rings. The summed E-state index contributed by atoms with van der Waals surface area (Å²) < 4.78 is 6.31. The third-order valence-corrected chi connectivity index (χ3v) is 8.68. The molecule has 1 aliphatic heterocycles. The van der Waals surface area contributed by atoms with Gasteiger partial charge in [0.2, 0.25) is 0 Å². The second kappa shape index (κ2) is 13.5. The number of ether oxygens (including phenoxy) is 1. The largest absolute Gasteiger partial charge is 0.509 e. The van der Waals surface area contributed by atoms with Gasteiger partial charge in [0, 0.05) is 66.1 Å². The van der Waals surface area contributed by atoms with Gasteiger partial charge in [-0.1, -0.05) is 109 Å². The van der Waals surface area contributed by atoms with Gasteiger partial charge in [-0.25, -0.2) is 0 Å². The van der Waals surface area contributed by atoms with Gasteiger partial charge in [0.1, 0.15) is 0 Å². The van der Waals surface area contributed by atoms with Crippen LogP contribution >= 0.6 is 0 Å². The predicted octanol–water partition coefficient (Wildman–Crippen LogP) is 10.6. The smallest absolute Gasteiger partial charge is 0.0696 e. The van der Waals surface area contributed by atoms with Gasteiger partial charge in [-0.3, -0.25) is 0 Å². The Bertz CT molecular complexity index is 2360. The van der Waals surface area contributed by atoms with Gasteiger partial charge in [-0.15, -0.1) is 48.8 Å². The zero-order chi connectivity index (χ0) is 32.6. The van der Waals surface area contributed by atoms with Crippen LogP contribution in [0.4, 0.5) is 22.7 Å². The molecule has 0 radical (unpaired) electrons. The van der Waals surface area contributed by atoms with E-state index in [1.165, 1.54) is 10.2 Å². The standard InChI is InChI=1S/C43H28N5O.Pt/c1-3-12-31(13-4-1)38-22-11-23-39(32-14-5-2-6-15-32)42(38)47-30-46(41-25-24-33-16-7-8-21-40(33)43(41)47)34-17-9-19-36(28-34)49-37-20-10-18-35(29-37)48-44-26-27-45-48;/h1-27,30H;/q-3;. The van der Waals surface area contributed by atoms with Crippen molar-refractivity contribution >= 4 is 33.5 Å². The molecule has 0 fully saturated rings. The summed E-state index contributed by atoms with van der Waals surface area (Å²) in [5, 5.41) is 10.8. The molecule has 0 amide bonds. The number of hydrogen-bond acceptors (Lipinski definition) is 5. The van der Waals surface area contributed by atoms with E-state index in [0.29, 0.717) is 17.2 Å². The molecule has 0 aliphatic carbocycles. The summed E-state index contributed by atoms with van der Waals surface area (Å²) >= 11 is 0. The number of anilines is 4. The average molecular weight is 826 g/mol. The van der Waals surface area contributed by atoms with E-state index in [2.05, 4.69) is 160 Å². The van der Waals surface area contributed by atoms with Gasteiger partial charge in [0.05, 0.1) is 12.4 Å². The molecule has 2 heterocycles. The molecule has 244 valence electrons. The molecule has 9 rings (SSSR count). The summed E-state index contributed by atoms with van der Waals surface area (Å²) in [4.78, 5) is 6.05. The molecule has 50 heavy (non-hydrogen) atoms. The number of aromatic nitrogens is 3. The Balaban J connectivity index is 0.00000361. The molecule has 7 heteroatoms. The number of para-hydroxylation sites is 1.